The Kier molecular flexibility index (Phi) is 5.60. The van der Waals surface area contributed by atoms with Gasteiger partial charge in [-0.15, -0.1) is 0 Å². The van der Waals surface area contributed by atoms with Gasteiger partial charge in [-0.05, 0) is 42.3 Å². The monoisotopic (exact) mass is 342 g/mol. The van der Waals surface area contributed by atoms with Crippen molar-refractivity contribution < 1.29 is 14.3 Å². The molecule has 0 aromatic heterocycles. The third-order valence-electron chi connectivity index (χ3n) is 2.85. The minimum atomic E-state index is -0.567. The molecule has 0 heterocycles. The van der Waals surface area contributed by atoms with Gasteiger partial charge in [-0.2, -0.15) is 0 Å². The van der Waals surface area contributed by atoms with Crippen molar-refractivity contribution >= 4 is 40.6 Å². The van der Waals surface area contributed by atoms with Gasteiger partial charge in [0.2, 0.25) is 0 Å². The minimum Gasteiger partial charge on any atom is -0.396 e. The van der Waals surface area contributed by atoms with Crippen molar-refractivity contribution in [3.05, 3.63) is 57.8 Å². The first-order valence-electron chi connectivity index (χ1n) is 6.42. The third kappa shape index (κ3) is 4.34. The second kappa shape index (κ2) is 7.45. The number of aliphatic hydroxyl groups excluding tert-OH is 1. The average molecular weight is 343 g/mol. The molecule has 0 radical (unpaired) electrons. The quantitative estimate of drug-likeness (QED) is 0.775. The number of anilines is 2. The van der Waals surface area contributed by atoms with Crippen LogP contribution < -0.4 is 10.6 Å². The molecule has 2 amide bonds. The Labute approximate surface area is 136 Å². The van der Waals surface area contributed by atoms with E-state index in [1.807, 2.05) is 0 Å². The fourth-order valence-corrected chi connectivity index (χ4v) is 2.52. The van der Waals surface area contributed by atoms with Crippen LogP contribution in [-0.4, -0.2) is 17.7 Å². The predicted octanol–water partition coefficient (Wildman–Crippen LogP) is 4.31. The van der Waals surface area contributed by atoms with Crippen LogP contribution >= 0.6 is 23.2 Å². The topological polar surface area (TPSA) is 61.4 Å². The summed E-state index contributed by atoms with van der Waals surface area (Å²) in [5.74, 6) is -0.454. The van der Waals surface area contributed by atoms with Crippen LogP contribution in [0.15, 0.2) is 36.4 Å². The van der Waals surface area contributed by atoms with Crippen LogP contribution in [0.2, 0.25) is 10.0 Å². The zero-order valence-electron chi connectivity index (χ0n) is 11.4. The maximum Gasteiger partial charge on any atom is 0.323 e. The molecule has 2 aromatic carbocycles. The highest BCUT2D eigenvalue weighted by atomic mass is 35.5. The summed E-state index contributed by atoms with van der Waals surface area (Å²) in [4.78, 5) is 12.0. The first-order valence-corrected chi connectivity index (χ1v) is 7.17. The number of aliphatic hydroxyl groups is 1. The van der Waals surface area contributed by atoms with E-state index in [1.54, 1.807) is 6.07 Å². The Morgan fingerprint density at radius 2 is 1.95 bits per heavy atom. The van der Waals surface area contributed by atoms with Gasteiger partial charge in [-0.1, -0.05) is 29.3 Å². The van der Waals surface area contributed by atoms with Crippen LogP contribution in [0.4, 0.5) is 20.6 Å². The Hall–Kier alpha value is -1.82. The molecule has 0 unspecified atom stereocenters. The summed E-state index contributed by atoms with van der Waals surface area (Å²) in [5, 5.41) is 14.9. The molecule has 0 saturated heterocycles. The highest BCUT2D eigenvalue weighted by molar-refractivity contribution is 6.35. The molecular weight excluding hydrogens is 330 g/mol. The van der Waals surface area contributed by atoms with Crippen molar-refractivity contribution in [3.8, 4) is 0 Å². The van der Waals surface area contributed by atoms with Crippen LogP contribution in [0, 0.1) is 5.82 Å². The molecule has 2 rings (SSSR count). The Bertz CT molecular complexity index is 695. The van der Waals surface area contributed by atoms with Gasteiger partial charge >= 0.3 is 6.03 Å². The lowest BCUT2D eigenvalue weighted by Crippen LogP contribution is -2.20. The van der Waals surface area contributed by atoms with Crippen LogP contribution in [0.3, 0.4) is 0 Å². The zero-order chi connectivity index (χ0) is 16.1. The average Bonchev–Trinajstić information content (AvgIpc) is 2.42. The second-order valence-electron chi connectivity index (χ2n) is 4.48. The largest absolute Gasteiger partial charge is 0.396 e. The molecule has 2 aromatic rings. The van der Waals surface area contributed by atoms with E-state index in [1.165, 1.54) is 30.3 Å². The number of amides is 2. The molecule has 0 atom stereocenters. The molecule has 0 aliphatic heterocycles. The third-order valence-corrected chi connectivity index (χ3v) is 3.41. The molecular formula is C15H13Cl2FN2O2. The van der Waals surface area contributed by atoms with Crippen LogP contribution in [0.1, 0.15) is 5.56 Å². The molecule has 0 aliphatic carbocycles. The fraction of sp³-hybridized carbons (Fsp3) is 0.133. The van der Waals surface area contributed by atoms with Crippen molar-refractivity contribution in [2.24, 2.45) is 0 Å². The van der Waals surface area contributed by atoms with Gasteiger partial charge in [0, 0.05) is 28.0 Å². The molecule has 0 saturated carbocycles. The molecule has 0 spiro atoms. The molecule has 116 valence electrons. The van der Waals surface area contributed by atoms with Gasteiger partial charge in [-0.3, -0.25) is 0 Å². The highest BCUT2D eigenvalue weighted by Gasteiger charge is 2.12. The van der Waals surface area contributed by atoms with Crippen molar-refractivity contribution in [3.63, 3.8) is 0 Å². The van der Waals surface area contributed by atoms with E-state index in [0.717, 1.165) is 0 Å². The first-order chi connectivity index (χ1) is 10.5. The molecule has 7 heteroatoms. The van der Waals surface area contributed by atoms with Crippen LogP contribution in [0.25, 0.3) is 0 Å². The van der Waals surface area contributed by atoms with E-state index in [4.69, 9.17) is 28.3 Å². The molecule has 3 N–H and O–H groups in total. The molecule has 0 bridgehead atoms. The lowest BCUT2D eigenvalue weighted by molar-refractivity contribution is 0.262. The summed E-state index contributed by atoms with van der Waals surface area (Å²) in [5.41, 5.74) is 1.28. The second-order valence-corrected chi connectivity index (χ2v) is 5.32. The van der Waals surface area contributed by atoms with Crippen LogP contribution in [-0.2, 0) is 6.42 Å². The normalized spacial score (nSPS) is 10.4. The summed E-state index contributed by atoms with van der Waals surface area (Å²) >= 11 is 12.0. The number of hydrogen-bond donors (Lipinski definition) is 3. The molecule has 0 fully saturated rings. The van der Waals surface area contributed by atoms with E-state index in [9.17, 15) is 9.18 Å². The van der Waals surface area contributed by atoms with Crippen LogP contribution in [0.5, 0.6) is 0 Å². The van der Waals surface area contributed by atoms with E-state index < -0.39 is 11.8 Å². The Morgan fingerprint density at radius 1 is 1.18 bits per heavy atom. The maximum absolute atomic E-state index is 13.1. The number of benzene rings is 2. The van der Waals surface area contributed by atoms with E-state index >= 15 is 0 Å². The summed E-state index contributed by atoms with van der Waals surface area (Å²) in [6.45, 7) is -0.123. The van der Waals surface area contributed by atoms with Gasteiger partial charge in [0.15, 0.2) is 0 Å². The van der Waals surface area contributed by atoms with Crippen molar-refractivity contribution in [2.75, 3.05) is 17.2 Å². The van der Waals surface area contributed by atoms with Gasteiger partial charge in [-0.25, -0.2) is 9.18 Å². The van der Waals surface area contributed by atoms with E-state index in [0.29, 0.717) is 27.0 Å². The summed E-state index contributed by atoms with van der Waals surface area (Å²) < 4.78 is 13.1. The minimum absolute atomic E-state index is 0.123. The standard InChI is InChI=1S/C15H13Cl2FN2O2/c16-9-6-13(17)12(4-5-21)14(7-9)20-15(22)19-11-3-1-2-10(18)8-11/h1-3,6-8,21H,4-5H2,(H2,19,20,22). The lowest BCUT2D eigenvalue weighted by atomic mass is 10.1. The smallest absolute Gasteiger partial charge is 0.323 e. The van der Waals surface area contributed by atoms with Gasteiger partial charge in [0.25, 0.3) is 0 Å². The number of rotatable bonds is 4. The van der Waals surface area contributed by atoms with Crippen molar-refractivity contribution in [2.45, 2.75) is 6.42 Å². The zero-order valence-corrected chi connectivity index (χ0v) is 12.9. The van der Waals surface area contributed by atoms with Gasteiger partial charge in [0.05, 0.1) is 0 Å². The summed E-state index contributed by atoms with van der Waals surface area (Å²) in [7, 11) is 0. The maximum atomic E-state index is 13.1. The van der Waals surface area contributed by atoms with Gasteiger partial charge in [0.1, 0.15) is 5.82 Å². The number of hydrogen-bond acceptors (Lipinski definition) is 2. The first kappa shape index (κ1) is 16.5. The lowest BCUT2D eigenvalue weighted by Gasteiger charge is -2.13. The van der Waals surface area contributed by atoms with Crippen molar-refractivity contribution in [1.82, 2.24) is 0 Å². The molecule has 0 aliphatic rings. The summed E-state index contributed by atoms with van der Waals surface area (Å²) in [6.07, 6.45) is 0.269. The Balaban J connectivity index is 2.17. The van der Waals surface area contributed by atoms with Gasteiger partial charge < -0.3 is 15.7 Å². The summed E-state index contributed by atoms with van der Waals surface area (Å²) in [6, 6.07) is 8.01. The SMILES string of the molecule is O=C(Nc1cccc(F)c1)Nc1cc(Cl)cc(Cl)c1CCO. The number of halogens is 3. The van der Waals surface area contributed by atoms with E-state index in [2.05, 4.69) is 10.6 Å². The van der Waals surface area contributed by atoms with Crippen molar-refractivity contribution in [1.29, 1.82) is 0 Å². The fourth-order valence-electron chi connectivity index (χ4n) is 1.93. The molecule has 4 nitrogen and oxygen atoms in total. The van der Waals surface area contributed by atoms with E-state index in [-0.39, 0.29) is 13.0 Å². The number of carbonyl (C=O) groups excluding carboxylic acids is 1. The highest BCUT2D eigenvalue weighted by Crippen LogP contribution is 2.29. The Morgan fingerprint density at radius 3 is 2.64 bits per heavy atom. The molecule has 22 heavy (non-hydrogen) atoms. The number of urea groups is 1. The number of carbonyl (C=O) groups is 1. The predicted molar refractivity (Wildman–Crippen MR) is 86.3 cm³/mol. The number of nitrogens with one attached hydrogen (secondary N) is 2.